The fourth-order valence-corrected chi connectivity index (χ4v) is 4.05. The lowest BCUT2D eigenvalue weighted by molar-refractivity contribution is -0.146. The van der Waals surface area contributed by atoms with Crippen molar-refractivity contribution >= 4 is 39.8 Å². The molecule has 0 aliphatic carbocycles. The van der Waals surface area contributed by atoms with E-state index in [4.69, 9.17) is 4.74 Å². The van der Waals surface area contributed by atoms with Gasteiger partial charge in [-0.25, -0.2) is 0 Å². The molecule has 0 fully saturated rings. The molecule has 0 amide bonds. The maximum atomic E-state index is 12.3. The molecule has 0 spiro atoms. The Hall–Kier alpha value is -1.17. The number of rotatable bonds is 7. The molecule has 1 rings (SSSR count). The standard InChI is InChI=1S/C16H23NO2P2/c1-16(15(18)19-2,13-9-7-6-8-10-13)12-17-14(11-20-3)21(4)5/h6-10,20H,4-5,11-12H2,1-3H3. The highest BCUT2D eigenvalue weighted by atomic mass is 31.1. The number of ether oxygens (including phenoxy) is 1. The van der Waals surface area contributed by atoms with Crippen LogP contribution in [-0.4, -0.2) is 50.5 Å². The van der Waals surface area contributed by atoms with Gasteiger partial charge in [0.05, 0.1) is 19.1 Å². The molecule has 21 heavy (non-hydrogen) atoms. The van der Waals surface area contributed by atoms with Crippen LogP contribution in [0.3, 0.4) is 0 Å². The number of aliphatic imine (C=N–C) groups is 1. The van der Waals surface area contributed by atoms with Gasteiger partial charge in [-0.05, 0) is 19.2 Å². The van der Waals surface area contributed by atoms with Crippen LogP contribution in [0.1, 0.15) is 12.5 Å². The highest BCUT2D eigenvalue weighted by molar-refractivity contribution is 7.72. The number of carbonyl (C=O) groups is 1. The third-order valence-corrected chi connectivity index (χ3v) is 5.34. The zero-order valence-electron chi connectivity index (χ0n) is 12.9. The summed E-state index contributed by atoms with van der Waals surface area (Å²) < 4.78 is 4.99. The number of nitrogens with zero attached hydrogens (tertiary/aromatic N) is 1. The molecule has 1 aromatic rings. The number of benzene rings is 1. The van der Waals surface area contributed by atoms with Crippen LogP contribution in [0.15, 0.2) is 35.3 Å². The minimum absolute atomic E-state index is 0.270. The van der Waals surface area contributed by atoms with Crippen molar-refractivity contribution in [2.45, 2.75) is 12.3 Å². The summed E-state index contributed by atoms with van der Waals surface area (Å²) in [5, 5.41) is 0. The summed E-state index contributed by atoms with van der Waals surface area (Å²) in [7, 11) is 1.48. The zero-order valence-corrected chi connectivity index (χ0v) is 14.8. The van der Waals surface area contributed by atoms with Gasteiger partial charge in [-0.1, -0.05) is 50.1 Å². The lowest BCUT2D eigenvalue weighted by atomic mass is 9.82. The Morgan fingerprint density at radius 2 is 2.00 bits per heavy atom. The van der Waals surface area contributed by atoms with Crippen molar-refractivity contribution in [1.29, 1.82) is 0 Å². The van der Waals surface area contributed by atoms with Crippen molar-refractivity contribution in [3.8, 4) is 0 Å². The Morgan fingerprint density at radius 3 is 2.48 bits per heavy atom. The third-order valence-electron chi connectivity index (χ3n) is 3.32. The van der Waals surface area contributed by atoms with Gasteiger partial charge in [-0.3, -0.25) is 9.79 Å². The normalized spacial score (nSPS) is 14.9. The Balaban J connectivity index is 3.16. The molecule has 0 saturated carbocycles. The number of carbonyl (C=O) groups excluding carboxylic acids is 1. The summed E-state index contributed by atoms with van der Waals surface area (Å²) in [6, 6.07) is 9.64. The molecule has 0 aliphatic heterocycles. The second-order valence-corrected chi connectivity index (χ2v) is 7.65. The first-order valence-electron chi connectivity index (χ1n) is 6.68. The van der Waals surface area contributed by atoms with E-state index < -0.39 is 12.6 Å². The predicted molar refractivity (Wildman–Crippen MR) is 98.4 cm³/mol. The van der Waals surface area contributed by atoms with E-state index in [1.807, 2.05) is 37.3 Å². The highest BCUT2D eigenvalue weighted by Crippen LogP contribution is 2.27. The first-order valence-corrected chi connectivity index (χ1v) is 10.1. The van der Waals surface area contributed by atoms with Gasteiger partial charge in [0, 0.05) is 6.16 Å². The van der Waals surface area contributed by atoms with Gasteiger partial charge in [-0.15, -0.1) is 8.58 Å². The zero-order chi connectivity index (χ0) is 15.9. The first kappa shape index (κ1) is 17.9. The van der Waals surface area contributed by atoms with Gasteiger partial charge in [0.15, 0.2) is 0 Å². The van der Waals surface area contributed by atoms with E-state index in [2.05, 4.69) is 24.3 Å². The number of hydrogen-bond acceptors (Lipinski definition) is 3. The molecule has 0 saturated heterocycles. The quantitative estimate of drug-likeness (QED) is 0.439. The highest BCUT2D eigenvalue weighted by Gasteiger charge is 2.36. The smallest absolute Gasteiger partial charge is 0.317 e. The largest absolute Gasteiger partial charge is 0.468 e. The minimum atomic E-state index is -0.774. The average molecular weight is 323 g/mol. The molecule has 2 unspecified atom stereocenters. The van der Waals surface area contributed by atoms with Crippen LogP contribution in [0.25, 0.3) is 0 Å². The molecule has 0 aromatic heterocycles. The summed E-state index contributed by atoms with van der Waals surface area (Å²) in [6.45, 7) is 4.37. The van der Waals surface area contributed by atoms with E-state index in [1.165, 1.54) is 7.11 Å². The lowest BCUT2D eigenvalue weighted by Crippen LogP contribution is -2.37. The second kappa shape index (κ2) is 8.32. The molecule has 0 aliphatic rings. The maximum Gasteiger partial charge on any atom is 0.317 e. The van der Waals surface area contributed by atoms with Gasteiger partial charge < -0.3 is 4.74 Å². The number of esters is 1. The molecule has 0 heterocycles. The molecular weight excluding hydrogens is 300 g/mol. The van der Waals surface area contributed by atoms with Gasteiger partial charge in [0.1, 0.15) is 5.41 Å². The van der Waals surface area contributed by atoms with Gasteiger partial charge in [0.2, 0.25) is 0 Å². The van der Waals surface area contributed by atoms with Crippen LogP contribution in [0.5, 0.6) is 0 Å². The summed E-state index contributed by atoms with van der Waals surface area (Å²) in [5.41, 5.74) is 1.16. The lowest BCUT2D eigenvalue weighted by Gasteiger charge is -2.25. The molecule has 0 bridgehead atoms. The molecule has 3 nitrogen and oxygen atoms in total. The van der Waals surface area contributed by atoms with Crippen molar-refractivity contribution < 1.29 is 9.53 Å². The van der Waals surface area contributed by atoms with Crippen molar-refractivity contribution in [2.75, 3.05) is 26.5 Å². The van der Waals surface area contributed by atoms with E-state index in [0.29, 0.717) is 6.54 Å². The van der Waals surface area contributed by atoms with E-state index >= 15 is 0 Å². The summed E-state index contributed by atoms with van der Waals surface area (Å²) in [5.74, 6) is -0.270. The van der Waals surface area contributed by atoms with Crippen LogP contribution >= 0.6 is 15.7 Å². The van der Waals surface area contributed by atoms with Crippen molar-refractivity contribution in [1.82, 2.24) is 0 Å². The average Bonchev–Trinajstić information content (AvgIpc) is 2.50. The first-order chi connectivity index (χ1) is 9.95. The topological polar surface area (TPSA) is 38.7 Å². The molecular formula is C16H23NO2P2. The molecule has 0 radical (unpaired) electrons. The maximum absolute atomic E-state index is 12.3. The Labute approximate surface area is 129 Å². The fourth-order valence-electron chi connectivity index (χ4n) is 1.98. The van der Waals surface area contributed by atoms with E-state index in [0.717, 1.165) is 25.8 Å². The summed E-state index contributed by atoms with van der Waals surface area (Å²) in [4.78, 5) is 16.9. The van der Waals surface area contributed by atoms with Gasteiger partial charge in [-0.2, -0.15) is 0 Å². The summed E-state index contributed by atoms with van der Waals surface area (Å²) >= 11 is 0. The van der Waals surface area contributed by atoms with Gasteiger partial charge >= 0.3 is 5.97 Å². The molecule has 114 valence electrons. The summed E-state index contributed by atoms with van der Waals surface area (Å²) in [6.07, 6.45) is 8.92. The fraction of sp³-hybridized carbons (Fsp3) is 0.375. The van der Waals surface area contributed by atoms with E-state index in [1.54, 1.807) is 0 Å². The SMILES string of the molecule is C=P(=C)C(CPC)=NCC(C)(C(=O)OC)c1ccccc1. The van der Waals surface area contributed by atoms with Crippen LogP contribution in [0.2, 0.25) is 0 Å². The monoisotopic (exact) mass is 323 g/mol. The van der Waals surface area contributed by atoms with Crippen LogP contribution in [0, 0.1) is 0 Å². The molecule has 5 heteroatoms. The van der Waals surface area contributed by atoms with Crippen LogP contribution in [0.4, 0.5) is 0 Å². The van der Waals surface area contributed by atoms with Crippen molar-refractivity contribution in [2.24, 2.45) is 4.99 Å². The molecule has 2 atom stereocenters. The van der Waals surface area contributed by atoms with Crippen LogP contribution in [-0.2, 0) is 14.9 Å². The van der Waals surface area contributed by atoms with Crippen molar-refractivity contribution in [3.63, 3.8) is 0 Å². The third kappa shape index (κ3) is 4.66. The van der Waals surface area contributed by atoms with Crippen molar-refractivity contribution in [3.05, 3.63) is 35.9 Å². The van der Waals surface area contributed by atoms with Gasteiger partial charge in [0.25, 0.3) is 0 Å². The minimum Gasteiger partial charge on any atom is -0.468 e. The Bertz CT molecular complexity index is 571. The molecule has 1 aromatic carbocycles. The Kier molecular flexibility index (Phi) is 7.08. The number of hydrogen-bond donors (Lipinski definition) is 0. The Morgan fingerprint density at radius 1 is 1.38 bits per heavy atom. The number of methoxy groups -OCH3 is 1. The van der Waals surface area contributed by atoms with E-state index in [9.17, 15) is 4.79 Å². The molecule has 0 N–H and O–H groups in total. The second-order valence-electron chi connectivity index (χ2n) is 4.99. The van der Waals surface area contributed by atoms with Crippen LogP contribution < -0.4 is 0 Å². The van der Waals surface area contributed by atoms with E-state index in [-0.39, 0.29) is 5.97 Å². The predicted octanol–water partition coefficient (Wildman–Crippen LogP) is 3.17.